The van der Waals surface area contributed by atoms with E-state index in [0.717, 1.165) is 49.5 Å². The topological polar surface area (TPSA) is 69.2 Å². The van der Waals surface area contributed by atoms with E-state index in [-0.39, 0.29) is 18.0 Å². The summed E-state index contributed by atoms with van der Waals surface area (Å²) in [6.07, 6.45) is -0.168. The van der Waals surface area contributed by atoms with Crippen molar-refractivity contribution in [2.45, 2.75) is 6.17 Å². The van der Waals surface area contributed by atoms with Gasteiger partial charge in [-0.25, -0.2) is 10.4 Å². The molecule has 2 unspecified atom stereocenters. The number of amides is 1. The molecule has 4 rings (SSSR count). The van der Waals surface area contributed by atoms with E-state index < -0.39 is 0 Å². The summed E-state index contributed by atoms with van der Waals surface area (Å²) in [5.41, 5.74) is 7.05. The minimum absolute atomic E-state index is 0.109. The third-order valence-electron chi connectivity index (χ3n) is 4.69. The zero-order chi connectivity index (χ0) is 17.1. The number of hydrazine groups is 1. The molecule has 2 atom stereocenters. The highest BCUT2D eigenvalue weighted by molar-refractivity contribution is 8.14. The summed E-state index contributed by atoms with van der Waals surface area (Å²) in [7, 11) is 0. The van der Waals surface area contributed by atoms with E-state index in [2.05, 4.69) is 15.8 Å². The summed E-state index contributed by atoms with van der Waals surface area (Å²) in [6.45, 7) is 5.15. The number of morpholine rings is 1. The first-order valence-corrected chi connectivity index (χ1v) is 9.69. The van der Waals surface area contributed by atoms with E-state index in [1.165, 1.54) is 0 Å². The van der Waals surface area contributed by atoms with Crippen LogP contribution in [-0.2, 0) is 9.53 Å². The lowest BCUT2D eigenvalue weighted by Crippen LogP contribution is -2.49. The lowest BCUT2D eigenvalue weighted by Gasteiger charge is -2.33. The number of ether oxygens (including phenoxy) is 1. The van der Waals surface area contributed by atoms with Gasteiger partial charge in [-0.3, -0.25) is 20.0 Å². The van der Waals surface area contributed by atoms with Crippen LogP contribution in [0.1, 0.15) is 0 Å². The van der Waals surface area contributed by atoms with Crippen LogP contribution in [0.2, 0.25) is 0 Å². The molecule has 3 heterocycles. The summed E-state index contributed by atoms with van der Waals surface area (Å²) in [5.74, 6) is 0.863. The number of thioether (sulfide) groups is 1. The van der Waals surface area contributed by atoms with Crippen LogP contribution >= 0.6 is 11.8 Å². The highest BCUT2D eigenvalue weighted by Crippen LogP contribution is 2.29. The van der Waals surface area contributed by atoms with Crippen LogP contribution in [0, 0.1) is 5.92 Å². The normalized spacial score (nSPS) is 27.3. The van der Waals surface area contributed by atoms with Crippen LogP contribution in [0.4, 0.5) is 5.69 Å². The number of amidine groups is 1. The molecule has 2 N–H and O–H groups in total. The second-order valence-electron chi connectivity index (χ2n) is 6.30. The molecule has 1 amide bonds. The van der Waals surface area contributed by atoms with Crippen LogP contribution in [0.25, 0.3) is 0 Å². The van der Waals surface area contributed by atoms with Gasteiger partial charge in [-0.1, -0.05) is 30.0 Å². The van der Waals surface area contributed by atoms with Gasteiger partial charge in [0.1, 0.15) is 6.17 Å². The molecule has 0 aromatic heterocycles. The number of aliphatic imine (C=N–C) groups is 1. The standard InChI is InChI=1S/C17H23N5O2S/c23-16-14-12-18-20-15(14)19-17(22(16)13-4-2-1-3-5-13)25-11-8-21-6-9-24-10-7-21/h1-5,14-15,18,20H,6-12H2. The van der Waals surface area contributed by atoms with Gasteiger partial charge < -0.3 is 4.74 Å². The van der Waals surface area contributed by atoms with Gasteiger partial charge in [-0.05, 0) is 12.1 Å². The number of carbonyl (C=O) groups is 1. The monoisotopic (exact) mass is 361 g/mol. The highest BCUT2D eigenvalue weighted by atomic mass is 32.2. The number of benzene rings is 1. The largest absolute Gasteiger partial charge is 0.379 e. The van der Waals surface area contributed by atoms with Gasteiger partial charge in [0.15, 0.2) is 5.17 Å². The van der Waals surface area contributed by atoms with Crippen molar-refractivity contribution < 1.29 is 9.53 Å². The first-order valence-electron chi connectivity index (χ1n) is 8.71. The Morgan fingerprint density at radius 2 is 2.04 bits per heavy atom. The molecule has 2 saturated heterocycles. The maximum atomic E-state index is 13.0. The predicted molar refractivity (Wildman–Crippen MR) is 99.5 cm³/mol. The Morgan fingerprint density at radius 3 is 2.84 bits per heavy atom. The molecule has 2 fully saturated rings. The van der Waals surface area contributed by atoms with E-state index in [4.69, 9.17) is 9.73 Å². The molecule has 1 aromatic carbocycles. The zero-order valence-corrected chi connectivity index (χ0v) is 14.9. The number of anilines is 1. The number of hydrogen-bond acceptors (Lipinski definition) is 7. The van der Waals surface area contributed by atoms with Gasteiger partial charge in [0.25, 0.3) is 0 Å². The number of carbonyl (C=O) groups excluding carboxylic acids is 1. The molecule has 8 heteroatoms. The summed E-state index contributed by atoms with van der Waals surface area (Å²) in [4.78, 5) is 22.0. The van der Waals surface area contributed by atoms with Crippen molar-refractivity contribution in [2.75, 3.05) is 50.0 Å². The smallest absolute Gasteiger partial charge is 0.241 e. The maximum Gasteiger partial charge on any atom is 0.241 e. The van der Waals surface area contributed by atoms with Crippen molar-refractivity contribution in [1.82, 2.24) is 15.8 Å². The Balaban J connectivity index is 1.48. The predicted octanol–water partition coefficient (Wildman–Crippen LogP) is 0.505. The van der Waals surface area contributed by atoms with Crippen LogP contribution in [0.15, 0.2) is 35.3 Å². The molecular formula is C17H23N5O2S. The van der Waals surface area contributed by atoms with Crippen molar-refractivity contribution >= 4 is 28.5 Å². The van der Waals surface area contributed by atoms with Gasteiger partial charge >= 0.3 is 0 Å². The maximum absolute atomic E-state index is 13.0. The highest BCUT2D eigenvalue weighted by Gasteiger charge is 2.42. The number of nitrogens with one attached hydrogen (secondary N) is 2. The van der Waals surface area contributed by atoms with Gasteiger partial charge in [0, 0.05) is 31.9 Å². The summed E-state index contributed by atoms with van der Waals surface area (Å²) >= 11 is 1.65. The average Bonchev–Trinajstić information content (AvgIpc) is 3.12. The van der Waals surface area contributed by atoms with Crippen molar-refractivity contribution in [3.05, 3.63) is 30.3 Å². The molecule has 1 aromatic rings. The van der Waals surface area contributed by atoms with Crippen LogP contribution in [-0.4, -0.2) is 67.3 Å². The number of nitrogens with zero attached hydrogens (tertiary/aromatic N) is 3. The SMILES string of the molecule is O=C1C2CNNC2N=C(SCCN2CCOCC2)N1c1ccccc1. The molecule has 25 heavy (non-hydrogen) atoms. The first kappa shape index (κ1) is 17.0. The van der Waals surface area contributed by atoms with Crippen molar-refractivity contribution in [3.8, 4) is 0 Å². The quantitative estimate of drug-likeness (QED) is 0.814. The zero-order valence-electron chi connectivity index (χ0n) is 14.1. The van der Waals surface area contributed by atoms with Crippen molar-refractivity contribution in [1.29, 1.82) is 0 Å². The summed E-state index contributed by atoms with van der Waals surface area (Å²) in [5, 5.41) is 0.780. The Morgan fingerprint density at radius 1 is 1.24 bits per heavy atom. The van der Waals surface area contributed by atoms with Gasteiger partial charge in [0.2, 0.25) is 5.91 Å². The molecule has 134 valence electrons. The summed E-state index contributed by atoms with van der Waals surface area (Å²) in [6, 6.07) is 9.80. The second kappa shape index (κ2) is 7.84. The number of fused-ring (bicyclic) bond motifs is 1. The van der Waals surface area contributed by atoms with E-state index in [9.17, 15) is 4.79 Å². The molecule has 0 bridgehead atoms. The van der Waals surface area contributed by atoms with Gasteiger partial charge in [-0.15, -0.1) is 0 Å². The molecule has 0 saturated carbocycles. The van der Waals surface area contributed by atoms with E-state index in [0.29, 0.717) is 6.54 Å². The van der Waals surface area contributed by atoms with Crippen molar-refractivity contribution in [2.24, 2.45) is 10.9 Å². The molecule has 0 spiro atoms. The van der Waals surface area contributed by atoms with Crippen LogP contribution in [0.3, 0.4) is 0 Å². The fourth-order valence-electron chi connectivity index (χ4n) is 3.27. The Bertz CT molecular complexity index is 635. The Labute approximate surface area is 151 Å². The number of rotatable bonds is 4. The fraction of sp³-hybridized carbons (Fsp3) is 0.529. The van der Waals surface area contributed by atoms with Crippen LogP contribution < -0.4 is 15.8 Å². The molecule has 0 aliphatic carbocycles. The van der Waals surface area contributed by atoms with Gasteiger partial charge in [0.05, 0.1) is 24.8 Å². The minimum atomic E-state index is -0.168. The molecule has 0 radical (unpaired) electrons. The Hall–Kier alpha value is -1.45. The van der Waals surface area contributed by atoms with Crippen molar-refractivity contribution in [3.63, 3.8) is 0 Å². The number of hydrogen-bond donors (Lipinski definition) is 2. The second-order valence-corrected chi connectivity index (χ2v) is 7.36. The molecule has 3 aliphatic heterocycles. The van der Waals surface area contributed by atoms with Crippen LogP contribution in [0.5, 0.6) is 0 Å². The molecule has 7 nitrogen and oxygen atoms in total. The molecule has 3 aliphatic rings. The van der Waals surface area contributed by atoms with Gasteiger partial charge in [-0.2, -0.15) is 0 Å². The minimum Gasteiger partial charge on any atom is -0.379 e. The average molecular weight is 361 g/mol. The lowest BCUT2D eigenvalue weighted by atomic mass is 10.1. The first-order chi connectivity index (χ1) is 12.3. The van der Waals surface area contributed by atoms with E-state index in [1.54, 1.807) is 16.7 Å². The van der Waals surface area contributed by atoms with E-state index in [1.807, 2.05) is 30.3 Å². The third-order valence-corrected chi connectivity index (χ3v) is 5.62. The summed E-state index contributed by atoms with van der Waals surface area (Å²) < 4.78 is 5.39. The van der Waals surface area contributed by atoms with E-state index >= 15 is 0 Å². The fourth-order valence-corrected chi connectivity index (χ4v) is 4.32. The lowest BCUT2D eigenvalue weighted by molar-refractivity contribution is -0.121. The third kappa shape index (κ3) is 3.73. The Kier molecular flexibility index (Phi) is 5.33. The number of para-hydroxylation sites is 1. The molecular weight excluding hydrogens is 338 g/mol.